The van der Waals surface area contributed by atoms with E-state index >= 15 is 0 Å². The van der Waals surface area contributed by atoms with E-state index in [0.717, 1.165) is 6.92 Å². The molecule has 164 valence electrons. The second-order valence-electron chi connectivity index (χ2n) is 8.06. The molecule has 0 unspecified atom stereocenters. The lowest BCUT2D eigenvalue weighted by Crippen LogP contribution is -2.65. The number of aliphatic hydroxyl groups excluding tert-OH is 1. The van der Waals surface area contributed by atoms with Gasteiger partial charge in [0, 0.05) is 5.92 Å². The van der Waals surface area contributed by atoms with Gasteiger partial charge in [0.2, 0.25) is 11.6 Å². The Morgan fingerprint density at radius 3 is 2.29 bits per heavy atom. The van der Waals surface area contributed by atoms with Crippen LogP contribution in [0.1, 0.15) is 34.0 Å². The molecule has 3 atom stereocenters. The fraction of sp³-hybridized carbons (Fsp3) is 0.318. The fourth-order valence-electron chi connectivity index (χ4n) is 4.75. The van der Waals surface area contributed by atoms with Crippen LogP contribution in [0.5, 0.6) is 11.5 Å². The minimum absolute atomic E-state index is 0. The van der Waals surface area contributed by atoms with Crippen LogP contribution < -0.4 is 5.73 Å². The third-order valence-electron chi connectivity index (χ3n) is 6.48. The summed E-state index contributed by atoms with van der Waals surface area (Å²) >= 11 is 0. The predicted molar refractivity (Wildman–Crippen MR) is 114 cm³/mol. The van der Waals surface area contributed by atoms with Gasteiger partial charge in [-0.25, -0.2) is 0 Å². The van der Waals surface area contributed by atoms with Crippen LogP contribution in [-0.2, 0) is 16.0 Å². The molecule has 9 heteroatoms. The summed E-state index contributed by atoms with van der Waals surface area (Å²) in [6.45, 7) is 4.35. The van der Waals surface area contributed by atoms with Crippen molar-refractivity contribution in [3.05, 3.63) is 45.7 Å². The number of aryl methyl sites for hydroxylation is 2. The van der Waals surface area contributed by atoms with Crippen molar-refractivity contribution in [2.45, 2.75) is 38.8 Å². The van der Waals surface area contributed by atoms with Gasteiger partial charge >= 0.3 is 0 Å². The Bertz CT molecular complexity index is 1230. The molecule has 2 aliphatic rings. The topological polar surface area (TPSA) is 158 Å². The lowest BCUT2D eigenvalue weighted by atomic mass is 9.61. The first-order chi connectivity index (χ1) is 13.9. The molecule has 2 aromatic carbocycles. The molecule has 0 fully saturated rings. The SMILES string of the molecule is CC(=O)C1=C(O)[C@H](N)[C@@H]2Cc3c(c(O)c4c(O)c(C)ccc4c3C)C(=O)[C@]2(O)C1=O.Cl. The third kappa shape index (κ3) is 2.65. The molecule has 0 heterocycles. The quantitative estimate of drug-likeness (QED) is 0.326. The molecule has 2 aromatic rings. The maximum absolute atomic E-state index is 13.4. The molecular formula is C22H22ClNO7. The molecule has 0 bridgehead atoms. The molecule has 6 N–H and O–H groups in total. The Morgan fingerprint density at radius 2 is 1.71 bits per heavy atom. The Hall–Kier alpha value is -2.94. The second kappa shape index (κ2) is 7.05. The smallest absolute Gasteiger partial charge is 0.209 e. The van der Waals surface area contributed by atoms with Crippen molar-refractivity contribution in [3.63, 3.8) is 0 Å². The lowest BCUT2D eigenvalue weighted by Gasteiger charge is -2.44. The third-order valence-corrected chi connectivity index (χ3v) is 6.48. The zero-order valence-electron chi connectivity index (χ0n) is 17.0. The van der Waals surface area contributed by atoms with E-state index in [-0.39, 0.29) is 35.5 Å². The van der Waals surface area contributed by atoms with Gasteiger partial charge in [-0.1, -0.05) is 12.1 Å². The van der Waals surface area contributed by atoms with Crippen LogP contribution in [0.3, 0.4) is 0 Å². The fourth-order valence-corrected chi connectivity index (χ4v) is 4.75. The minimum atomic E-state index is -2.71. The Morgan fingerprint density at radius 1 is 1.10 bits per heavy atom. The number of hydrogen-bond donors (Lipinski definition) is 5. The molecule has 0 radical (unpaired) electrons. The number of carbonyl (C=O) groups is 3. The number of nitrogens with two attached hydrogens (primary N) is 1. The van der Waals surface area contributed by atoms with Gasteiger partial charge in [0.25, 0.3) is 0 Å². The van der Waals surface area contributed by atoms with Crippen LogP contribution in [0.25, 0.3) is 10.8 Å². The molecule has 8 nitrogen and oxygen atoms in total. The van der Waals surface area contributed by atoms with Crippen molar-refractivity contribution in [2.75, 3.05) is 0 Å². The first-order valence-electron chi connectivity index (χ1n) is 9.42. The van der Waals surface area contributed by atoms with Crippen molar-refractivity contribution < 1.29 is 34.8 Å². The van der Waals surface area contributed by atoms with Crippen LogP contribution in [0.15, 0.2) is 23.5 Å². The Balaban J connectivity index is 0.00000272. The molecule has 2 aliphatic carbocycles. The van der Waals surface area contributed by atoms with Crippen LogP contribution in [-0.4, -0.2) is 49.4 Å². The second-order valence-corrected chi connectivity index (χ2v) is 8.06. The van der Waals surface area contributed by atoms with Gasteiger partial charge in [-0.2, -0.15) is 0 Å². The van der Waals surface area contributed by atoms with Gasteiger partial charge in [-0.05, 0) is 49.3 Å². The molecule has 0 saturated heterocycles. The van der Waals surface area contributed by atoms with Crippen molar-refractivity contribution >= 4 is 40.5 Å². The summed E-state index contributed by atoms with van der Waals surface area (Å²) in [5, 5.41) is 43.5. The molecule has 0 aliphatic heterocycles. The maximum atomic E-state index is 13.4. The van der Waals surface area contributed by atoms with Crippen LogP contribution in [0.2, 0.25) is 0 Å². The molecule has 0 amide bonds. The molecule has 31 heavy (non-hydrogen) atoms. The number of ketones is 3. The molecule has 0 saturated carbocycles. The summed E-state index contributed by atoms with van der Waals surface area (Å²) < 4.78 is 0. The first-order valence-corrected chi connectivity index (χ1v) is 9.42. The maximum Gasteiger partial charge on any atom is 0.209 e. The van der Waals surface area contributed by atoms with Gasteiger partial charge in [0.05, 0.1) is 17.0 Å². The van der Waals surface area contributed by atoms with Gasteiger partial charge in [0.15, 0.2) is 11.4 Å². The highest BCUT2D eigenvalue weighted by molar-refractivity contribution is 6.33. The average Bonchev–Trinajstić information content (AvgIpc) is 2.68. The normalized spacial score (nSPS) is 25.2. The highest BCUT2D eigenvalue weighted by Crippen LogP contribution is 2.49. The van der Waals surface area contributed by atoms with Crippen molar-refractivity contribution in [2.24, 2.45) is 11.7 Å². The number of Topliss-reactive ketones (excluding diaryl/α,β-unsaturated/α-hetero) is 3. The van der Waals surface area contributed by atoms with Crippen molar-refractivity contribution in [3.8, 4) is 11.5 Å². The number of phenolic OH excluding ortho intramolecular Hbond substituents is 2. The van der Waals surface area contributed by atoms with E-state index in [9.17, 15) is 34.8 Å². The highest BCUT2D eigenvalue weighted by Gasteiger charge is 2.62. The van der Waals surface area contributed by atoms with Gasteiger partial charge in [-0.3, -0.25) is 14.4 Å². The molecule has 4 rings (SSSR count). The van der Waals surface area contributed by atoms with E-state index in [1.807, 2.05) is 0 Å². The van der Waals surface area contributed by atoms with Crippen molar-refractivity contribution in [1.29, 1.82) is 0 Å². The zero-order valence-corrected chi connectivity index (χ0v) is 17.8. The van der Waals surface area contributed by atoms with E-state index in [0.29, 0.717) is 22.1 Å². The lowest BCUT2D eigenvalue weighted by molar-refractivity contribution is -0.138. The van der Waals surface area contributed by atoms with Gasteiger partial charge in [-0.15, -0.1) is 12.4 Å². The van der Waals surface area contributed by atoms with Crippen LogP contribution in [0, 0.1) is 19.8 Å². The number of benzene rings is 2. The number of aliphatic hydroxyl groups is 2. The summed E-state index contributed by atoms with van der Waals surface area (Å²) in [6.07, 6.45) is -0.0936. The van der Waals surface area contributed by atoms with Crippen LogP contribution in [0.4, 0.5) is 0 Å². The number of rotatable bonds is 1. The summed E-state index contributed by atoms with van der Waals surface area (Å²) in [5.74, 6) is -5.81. The number of phenols is 2. The van der Waals surface area contributed by atoms with Crippen LogP contribution >= 0.6 is 12.4 Å². The monoisotopic (exact) mass is 447 g/mol. The molecular weight excluding hydrogens is 426 g/mol. The van der Waals surface area contributed by atoms with Gasteiger partial charge < -0.3 is 26.2 Å². The molecule has 0 spiro atoms. The summed E-state index contributed by atoms with van der Waals surface area (Å²) in [7, 11) is 0. The predicted octanol–water partition coefficient (Wildman–Crippen LogP) is 1.69. The van der Waals surface area contributed by atoms with E-state index in [2.05, 4.69) is 0 Å². The number of aromatic hydroxyl groups is 2. The summed E-state index contributed by atoms with van der Waals surface area (Å²) in [5.41, 5.74) is 3.74. The molecule has 0 aromatic heterocycles. The van der Waals surface area contributed by atoms with E-state index in [1.54, 1.807) is 26.0 Å². The van der Waals surface area contributed by atoms with Gasteiger partial charge in [0.1, 0.15) is 22.8 Å². The Kier molecular flexibility index (Phi) is 5.17. The minimum Gasteiger partial charge on any atom is -0.510 e. The Labute approximate surface area is 183 Å². The van der Waals surface area contributed by atoms with E-state index < -0.39 is 52.0 Å². The zero-order chi connectivity index (χ0) is 22.3. The number of carbonyl (C=O) groups excluding carboxylic acids is 3. The largest absolute Gasteiger partial charge is 0.510 e. The van der Waals surface area contributed by atoms with Crippen molar-refractivity contribution in [1.82, 2.24) is 0 Å². The number of halogens is 1. The standard InChI is InChI=1S/C22H21NO7.ClH/c1-7-4-5-10-8(2)11-6-12-16(23)19(27)13(9(3)24)20(28)22(12,30)21(29)15(11)18(26)14(10)17(7)25;/h4-5,12,16,25-27,30H,6,23H2,1-3H3;1H/t12-,16+,22+;/m0./s1. The highest BCUT2D eigenvalue weighted by atomic mass is 35.5. The van der Waals surface area contributed by atoms with E-state index in [4.69, 9.17) is 5.73 Å². The summed E-state index contributed by atoms with van der Waals surface area (Å²) in [6, 6.07) is 2.04. The first kappa shape index (κ1) is 22.7. The number of fused-ring (bicyclic) bond motifs is 3. The summed E-state index contributed by atoms with van der Waals surface area (Å²) in [4.78, 5) is 38.3. The number of hydrogen-bond acceptors (Lipinski definition) is 8. The average molecular weight is 448 g/mol. The van der Waals surface area contributed by atoms with E-state index in [1.165, 1.54) is 0 Å².